The predicted octanol–water partition coefficient (Wildman–Crippen LogP) is 2.83. The summed E-state index contributed by atoms with van der Waals surface area (Å²) in [6, 6.07) is 2.03. The van der Waals surface area contributed by atoms with Gasteiger partial charge in [-0.15, -0.1) is 5.10 Å². The second kappa shape index (κ2) is 4.84. The maximum absolute atomic E-state index is 13.4. The van der Waals surface area contributed by atoms with Gasteiger partial charge >= 0.3 is 0 Å². The van der Waals surface area contributed by atoms with Gasteiger partial charge in [-0.1, -0.05) is 20.4 Å². The van der Waals surface area contributed by atoms with E-state index in [1.807, 2.05) is 0 Å². The Bertz CT molecular complexity index is 538. The van der Waals surface area contributed by atoms with Crippen LogP contribution < -0.4 is 5.32 Å². The molecule has 0 bridgehead atoms. The Kier molecular flexibility index (Phi) is 3.43. The van der Waals surface area contributed by atoms with Crippen molar-refractivity contribution in [2.75, 3.05) is 5.32 Å². The van der Waals surface area contributed by atoms with Crippen LogP contribution in [0.3, 0.4) is 0 Å². The number of hydrogen-bond acceptors (Lipinski definition) is 4. The second-order valence-electron chi connectivity index (χ2n) is 2.98. The molecule has 2 aromatic rings. The number of hydrogen-bond donors (Lipinski definition) is 1. The summed E-state index contributed by atoms with van der Waals surface area (Å²) < 4.78 is 30.6. The highest BCUT2D eigenvalue weighted by Gasteiger charge is 2.18. The van der Waals surface area contributed by atoms with Crippen LogP contribution in [0.1, 0.15) is 10.4 Å². The molecule has 0 atom stereocenters. The average Bonchev–Trinajstić information content (AvgIpc) is 2.68. The molecule has 8 heteroatoms. The molecule has 0 spiro atoms. The summed E-state index contributed by atoms with van der Waals surface area (Å²) in [5, 5.41) is 6.10. The Balaban J connectivity index is 2.31. The molecular formula is C9H4BrF2N3OS. The topological polar surface area (TPSA) is 54.9 Å². The summed E-state index contributed by atoms with van der Waals surface area (Å²) in [7, 11) is 0. The molecule has 1 amide bonds. The monoisotopic (exact) mass is 319 g/mol. The smallest absolute Gasteiger partial charge is 0.262 e. The minimum Gasteiger partial charge on any atom is -0.311 e. The molecule has 4 nitrogen and oxygen atoms in total. The molecule has 0 aliphatic heterocycles. The van der Waals surface area contributed by atoms with Gasteiger partial charge in [0.15, 0.2) is 0 Å². The van der Waals surface area contributed by atoms with Crippen LogP contribution in [0.2, 0.25) is 0 Å². The molecule has 1 aromatic heterocycles. The van der Waals surface area contributed by atoms with Gasteiger partial charge in [0.25, 0.3) is 5.91 Å². The summed E-state index contributed by atoms with van der Waals surface area (Å²) in [6.07, 6.45) is 1.29. The molecule has 0 aliphatic carbocycles. The molecule has 0 fully saturated rings. The van der Waals surface area contributed by atoms with Gasteiger partial charge in [0.05, 0.1) is 6.20 Å². The van der Waals surface area contributed by atoms with E-state index in [1.165, 1.54) is 6.20 Å². The van der Waals surface area contributed by atoms with Crippen LogP contribution >= 0.6 is 27.5 Å². The van der Waals surface area contributed by atoms with E-state index < -0.39 is 23.1 Å². The van der Waals surface area contributed by atoms with Crippen LogP contribution in [-0.2, 0) is 0 Å². The molecule has 1 aromatic carbocycles. The predicted molar refractivity (Wildman–Crippen MR) is 61.9 cm³/mol. The van der Waals surface area contributed by atoms with Crippen molar-refractivity contribution >= 4 is 38.4 Å². The number of nitrogens with one attached hydrogen (secondary N) is 1. The van der Waals surface area contributed by atoms with Crippen molar-refractivity contribution in [1.29, 1.82) is 0 Å². The van der Waals surface area contributed by atoms with Crippen molar-refractivity contribution in [2.45, 2.75) is 0 Å². The van der Waals surface area contributed by atoms with E-state index >= 15 is 0 Å². The zero-order valence-electron chi connectivity index (χ0n) is 8.08. The maximum atomic E-state index is 13.4. The first-order valence-electron chi connectivity index (χ1n) is 4.31. The van der Waals surface area contributed by atoms with Crippen molar-refractivity contribution in [2.24, 2.45) is 0 Å². The number of carbonyl (C=O) groups is 1. The lowest BCUT2D eigenvalue weighted by Gasteiger charge is -2.05. The highest BCUT2D eigenvalue weighted by molar-refractivity contribution is 9.10. The van der Waals surface area contributed by atoms with Crippen molar-refractivity contribution < 1.29 is 13.6 Å². The van der Waals surface area contributed by atoms with Crippen molar-refractivity contribution in [3.63, 3.8) is 0 Å². The minimum atomic E-state index is -0.938. The lowest BCUT2D eigenvalue weighted by molar-refractivity contribution is 0.101. The van der Waals surface area contributed by atoms with E-state index in [0.29, 0.717) is 5.00 Å². The number of carbonyl (C=O) groups excluding carboxylic acids is 1. The first-order chi connectivity index (χ1) is 8.08. The molecule has 0 saturated heterocycles. The number of aromatic nitrogens is 2. The van der Waals surface area contributed by atoms with Crippen LogP contribution in [0.5, 0.6) is 0 Å². The summed E-state index contributed by atoms with van der Waals surface area (Å²) >= 11 is 3.84. The minimum absolute atomic E-state index is 0.225. The number of amides is 1. The third-order valence-electron chi connectivity index (χ3n) is 1.83. The van der Waals surface area contributed by atoms with Gasteiger partial charge in [-0.2, -0.15) is 0 Å². The maximum Gasteiger partial charge on any atom is 0.262 e. The van der Waals surface area contributed by atoms with Gasteiger partial charge in [0, 0.05) is 16.0 Å². The fraction of sp³-hybridized carbons (Fsp3) is 0. The number of rotatable bonds is 2. The Morgan fingerprint density at radius 2 is 2.00 bits per heavy atom. The second-order valence-corrected chi connectivity index (χ2v) is 4.68. The van der Waals surface area contributed by atoms with Gasteiger partial charge in [-0.05, 0) is 12.1 Å². The molecule has 0 aliphatic rings. The first-order valence-corrected chi connectivity index (χ1v) is 5.88. The third-order valence-corrected chi connectivity index (χ3v) is 2.87. The SMILES string of the molecule is O=C(Nc1cnns1)c1c(F)cc(Br)cc1F. The fourth-order valence-electron chi connectivity index (χ4n) is 1.16. The lowest BCUT2D eigenvalue weighted by Crippen LogP contribution is -2.15. The van der Waals surface area contributed by atoms with Crippen molar-refractivity contribution in [3.8, 4) is 0 Å². The number of anilines is 1. The highest BCUT2D eigenvalue weighted by Crippen LogP contribution is 2.21. The van der Waals surface area contributed by atoms with E-state index in [9.17, 15) is 13.6 Å². The summed E-state index contributed by atoms with van der Waals surface area (Å²) in [5.41, 5.74) is -0.637. The largest absolute Gasteiger partial charge is 0.311 e. The van der Waals surface area contributed by atoms with Crippen molar-refractivity contribution in [1.82, 2.24) is 9.59 Å². The summed E-state index contributed by atoms with van der Waals surface area (Å²) in [4.78, 5) is 11.6. The normalized spacial score (nSPS) is 10.3. The van der Waals surface area contributed by atoms with Gasteiger partial charge in [0.2, 0.25) is 0 Å². The molecular weight excluding hydrogens is 316 g/mol. The molecule has 1 heterocycles. The third kappa shape index (κ3) is 2.64. The molecule has 0 unspecified atom stereocenters. The van der Waals surface area contributed by atoms with Crippen LogP contribution in [-0.4, -0.2) is 15.5 Å². The number of halogens is 3. The first kappa shape index (κ1) is 12.1. The number of benzene rings is 1. The Morgan fingerprint density at radius 1 is 1.35 bits per heavy atom. The van der Waals surface area contributed by atoms with Crippen LogP contribution in [0.15, 0.2) is 22.8 Å². The van der Waals surface area contributed by atoms with E-state index in [2.05, 4.69) is 30.8 Å². The van der Waals surface area contributed by atoms with Gasteiger partial charge in [-0.3, -0.25) is 4.79 Å². The van der Waals surface area contributed by atoms with Crippen LogP contribution in [0.4, 0.5) is 13.8 Å². The summed E-state index contributed by atoms with van der Waals surface area (Å²) in [6.45, 7) is 0. The Morgan fingerprint density at radius 3 is 2.53 bits per heavy atom. The van der Waals surface area contributed by atoms with Gasteiger partial charge < -0.3 is 5.32 Å². The standard InChI is InChI=1S/C9H4BrF2N3OS/c10-4-1-5(11)8(6(12)2-4)9(16)14-7-3-13-15-17-7/h1-3H,(H,14,16). The highest BCUT2D eigenvalue weighted by atomic mass is 79.9. The van der Waals surface area contributed by atoms with E-state index in [-0.39, 0.29) is 4.47 Å². The molecule has 0 radical (unpaired) electrons. The molecule has 88 valence electrons. The van der Waals surface area contributed by atoms with Crippen molar-refractivity contribution in [3.05, 3.63) is 40.0 Å². The molecule has 0 saturated carbocycles. The zero-order valence-corrected chi connectivity index (χ0v) is 10.5. The number of nitrogens with zero attached hydrogens (tertiary/aromatic N) is 2. The lowest BCUT2D eigenvalue weighted by atomic mass is 10.2. The Hall–Kier alpha value is -1.41. The van der Waals surface area contributed by atoms with Crippen LogP contribution in [0, 0.1) is 11.6 Å². The van der Waals surface area contributed by atoms with E-state index in [4.69, 9.17) is 0 Å². The average molecular weight is 320 g/mol. The summed E-state index contributed by atoms with van der Waals surface area (Å²) in [5.74, 6) is -2.75. The quantitative estimate of drug-likeness (QED) is 0.926. The van der Waals surface area contributed by atoms with E-state index in [1.54, 1.807) is 0 Å². The molecule has 2 rings (SSSR count). The zero-order chi connectivity index (χ0) is 12.4. The fourth-order valence-corrected chi connectivity index (χ4v) is 1.97. The van der Waals surface area contributed by atoms with Gasteiger partial charge in [0.1, 0.15) is 22.2 Å². The molecule has 1 N–H and O–H groups in total. The molecule has 17 heavy (non-hydrogen) atoms. The van der Waals surface area contributed by atoms with Crippen LogP contribution in [0.25, 0.3) is 0 Å². The Labute approximate surface area is 107 Å². The van der Waals surface area contributed by atoms with E-state index in [0.717, 1.165) is 23.7 Å². The van der Waals surface area contributed by atoms with Gasteiger partial charge in [-0.25, -0.2) is 8.78 Å².